The number of ether oxygens (including phenoxy) is 1. The van der Waals surface area contributed by atoms with Crippen LogP contribution >= 0.6 is 0 Å². The maximum absolute atomic E-state index is 14.4. The molecule has 6 rings (SSSR count). The van der Waals surface area contributed by atoms with Gasteiger partial charge >= 0.3 is 12.0 Å². The molecular formula is C36H36N4O9. The number of anilines is 2. The zero-order valence-electron chi connectivity index (χ0n) is 27.2. The van der Waals surface area contributed by atoms with Crippen LogP contribution in [0.5, 0.6) is 5.75 Å². The second kappa shape index (κ2) is 12.4. The van der Waals surface area contributed by atoms with Crippen LogP contribution in [0.25, 0.3) is 16.5 Å². The molecule has 0 saturated heterocycles. The molecule has 49 heavy (non-hydrogen) atoms. The third-order valence-electron chi connectivity index (χ3n) is 9.81. The van der Waals surface area contributed by atoms with E-state index in [0.717, 1.165) is 10.8 Å². The Labute approximate surface area is 281 Å². The molecule has 3 aliphatic carbocycles. The van der Waals surface area contributed by atoms with Gasteiger partial charge in [-0.1, -0.05) is 56.3 Å². The van der Waals surface area contributed by atoms with E-state index in [1.165, 1.54) is 11.0 Å². The standard InChI is InChI=1S/C36H36N4O9/c1-5-21(41)49-34-22-15(2)17-13-14-20(39-36(48)38-19-12-8-10-16-9-6-7-11-18(16)19)29(42)23(17)30(43)25(22)31(44)26-24(34)28(40(3)4)33(46)27(32(26)45)35(37)47/h6-15,22,24,26,28,34,42-43,46H,5H2,1-4H3,(H2,37,47)(H2,38,39,48)/t15-,22?,24?,26?,28-,34?/m0/s1. The smallest absolute Gasteiger partial charge is 0.323 e. The summed E-state index contributed by atoms with van der Waals surface area (Å²) in [6.45, 7) is 3.29. The van der Waals surface area contributed by atoms with E-state index in [1.54, 1.807) is 46.1 Å². The van der Waals surface area contributed by atoms with E-state index in [1.807, 2.05) is 30.3 Å². The third kappa shape index (κ3) is 5.26. The number of carbonyl (C=O) groups is 5. The Morgan fingerprint density at radius 3 is 2.27 bits per heavy atom. The topological polar surface area (TPSA) is 209 Å². The van der Waals surface area contributed by atoms with Crippen LogP contribution in [0.4, 0.5) is 16.2 Å². The fourth-order valence-electron chi connectivity index (χ4n) is 7.67. The summed E-state index contributed by atoms with van der Waals surface area (Å²) in [5.74, 6) is -10.1. The highest BCUT2D eigenvalue weighted by atomic mass is 16.5. The molecule has 0 radical (unpaired) electrons. The lowest BCUT2D eigenvalue weighted by Gasteiger charge is -2.51. The summed E-state index contributed by atoms with van der Waals surface area (Å²) in [5.41, 5.74) is 5.14. The number of nitrogens with one attached hydrogen (secondary N) is 2. The lowest BCUT2D eigenvalue weighted by Crippen LogP contribution is -2.62. The minimum Gasteiger partial charge on any atom is -0.510 e. The number of nitrogens with two attached hydrogens (primary N) is 1. The molecule has 1 saturated carbocycles. The second-order valence-electron chi connectivity index (χ2n) is 12.7. The Bertz CT molecular complexity index is 2010. The van der Waals surface area contributed by atoms with Gasteiger partial charge in [0.2, 0.25) is 0 Å². The second-order valence-corrected chi connectivity index (χ2v) is 12.7. The zero-order valence-corrected chi connectivity index (χ0v) is 27.2. The number of amides is 3. The number of primary amides is 1. The number of phenols is 1. The molecule has 0 bridgehead atoms. The number of Topliss-reactive ketones (excluding diaryl/α,β-unsaturated/α-hetero) is 2. The number of hydrogen-bond acceptors (Lipinski definition) is 10. The summed E-state index contributed by atoms with van der Waals surface area (Å²) in [6.07, 6.45) is -1.27. The highest BCUT2D eigenvalue weighted by Gasteiger charge is 2.62. The number of aromatic hydroxyl groups is 1. The first-order chi connectivity index (χ1) is 23.3. The molecular weight excluding hydrogens is 632 g/mol. The molecule has 13 nitrogen and oxygen atoms in total. The highest BCUT2D eigenvalue weighted by Crippen LogP contribution is 2.56. The molecule has 3 aromatic carbocycles. The number of nitrogens with zero attached hydrogens (tertiary/aromatic N) is 1. The van der Waals surface area contributed by atoms with Gasteiger partial charge in [-0.15, -0.1) is 0 Å². The molecule has 13 heteroatoms. The van der Waals surface area contributed by atoms with Gasteiger partial charge in [0.25, 0.3) is 5.91 Å². The van der Waals surface area contributed by atoms with Crippen molar-refractivity contribution in [3.63, 3.8) is 0 Å². The van der Waals surface area contributed by atoms with Crippen LogP contribution in [0.1, 0.15) is 37.3 Å². The molecule has 254 valence electrons. The van der Waals surface area contributed by atoms with E-state index in [2.05, 4.69) is 10.6 Å². The molecule has 0 aromatic heterocycles. The number of urea groups is 1. The van der Waals surface area contributed by atoms with Gasteiger partial charge in [0.15, 0.2) is 11.6 Å². The largest absolute Gasteiger partial charge is 0.510 e. The predicted octanol–water partition coefficient (Wildman–Crippen LogP) is 4.14. The fourth-order valence-corrected chi connectivity index (χ4v) is 7.67. The highest BCUT2D eigenvalue weighted by molar-refractivity contribution is 6.28. The average Bonchev–Trinajstić information content (AvgIpc) is 3.05. The number of benzene rings is 3. The van der Waals surface area contributed by atoms with Crippen LogP contribution in [-0.4, -0.2) is 75.9 Å². The van der Waals surface area contributed by atoms with Crippen LogP contribution < -0.4 is 16.4 Å². The third-order valence-corrected chi connectivity index (χ3v) is 9.81. The lowest BCUT2D eigenvalue weighted by atomic mass is 9.56. The van der Waals surface area contributed by atoms with Crippen LogP contribution in [0.15, 0.2) is 71.5 Å². The van der Waals surface area contributed by atoms with Crippen LogP contribution in [0.3, 0.4) is 0 Å². The van der Waals surface area contributed by atoms with Crippen molar-refractivity contribution in [2.45, 2.75) is 38.3 Å². The molecule has 7 N–H and O–H groups in total. The van der Waals surface area contributed by atoms with Gasteiger partial charge < -0.3 is 36.4 Å². The molecule has 6 atom stereocenters. The first-order valence-electron chi connectivity index (χ1n) is 15.8. The molecule has 0 spiro atoms. The quantitative estimate of drug-likeness (QED) is 0.0957. The number of esters is 1. The van der Waals surface area contributed by atoms with E-state index in [-0.39, 0.29) is 23.2 Å². The first-order valence-corrected chi connectivity index (χ1v) is 15.8. The predicted molar refractivity (Wildman–Crippen MR) is 180 cm³/mol. The minimum absolute atomic E-state index is 0.0455. The zero-order chi connectivity index (χ0) is 35.5. The van der Waals surface area contributed by atoms with Crippen molar-refractivity contribution in [2.24, 2.45) is 23.5 Å². The number of phenolic OH excluding ortho intramolecular Hbond substituents is 1. The van der Waals surface area contributed by atoms with E-state index < -0.39 is 88.1 Å². The van der Waals surface area contributed by atoms with Gasteiger partial charge in [0, 0.05) is 29.2 Å². The van der Waals surface area contributed by atoms with Gasteiger partial charge in [-0.3, -0.25) is 24.1 Å². The number of fused-ring (bicyclic) bond motifs is 4. The molecule has 0 heterocycles. The van der Waals surface area contributed by atoms with Crippen LogP contribution in [0, 0.1) is 17.8 Å². The van der Waals surface area contributed by atoms with E-state index in [9.17, 15) is 39.3 Å². The van der Waals surface area contributed by atoms with Crippen molar-refractivity contribution >= 4 is 57.4 Å². The molecule has 3 aliphatic rings. The van der Waals surface area contributed by atoms with Crippen molar-refractivity contribution < 1.29 is 44.0 Å². The van der Waals surface area contributed by atoms with Crippen molar-refractivity contribution in [1.82, 2.24) is 4.90 Å². The summed E-state index contributed by atoms with van der Waals surface area (Å²) in [4.78, 5) is 68.0. The average molecular weight is 669 g/mol. The Hall–Kier alpha value is -5.69. The number of ketones is 2. The van der Waals surface area contributed by atoms with Crippen molar-refractivity contribution in [2.75, 3.05) is 24.7 Å². The Kier molecular flexibility index (Phi) is 8.41. The van der Waals surface area contributed by atoms with Crippen molar-refractivity contribution in [1.29, 1.82) is 0 Å². The van der Waals surface area contributed by atoms with E-state index in [0.29, 0.717) is 11.3 Å². The number of likely N-dealkylation sites (N-methyl/N-ethyl adjacent to an activating group) is 1. The Balaban J connectivity index is 1.44. The Morgan fingerprint density at radius 2 is 1.59 bits per heavy atom. The van der Waals surface area contributed by atoms with Gasteiger partial charge in [-0.25, -0.2) is 4.79 Å². The summed E-state index contributed by atoms with van der Waals surface area (Å²) in [6, 6.07) is 14.1. The maximum atomic E-state index is 14.4. The summed E-state index contributed by atoms with van der Waals surface area (Å²) >= 11 is 0. The summed E-state index contributed by atoms with van der Waals surface area (Å²) in [5, 5.41) is 41.5. The van der Waals surface area contributed by atoms with Crippen LogP contribution in [0.2, 0.25) is 0 Å². The van der Waals surface area contributed by atoms with Gasteiger partial charge in [-0.05, 0) is 43.1 Å². The number of aliphatic hydroxyl groups excluding tert-OH is 2. The summed E-state index contributed by atoms with van der Waals surface area (Å²) < 4.78 is 5.94. The fraction of sp³-hybridized carbons (Fsp3) is 0.306. The molecule has 4 unspecified atom stereocenters. The Morgan fingerprint density at radius 1 is 0.918 bits per heavy atom. The van der Waals surface area contributed by atoms with Crippen molar-refractivity contribution in [3.05, 3.63) is 82.6 Å². The molecule has 3 aromatic rings. The van der Waals surface area contributed by atoms with Gasteiger partial charge in [-0.2, -0.15) is 0 Å². The van der Waals surface area contributed by atoms with Gasteiger partial charge in [0.05, 0.1) is 28.9 Å². The van der Waals surface area contributed by atoms with Crippen LogP contribution in [-0.2, 0) is 23.9 Å². The van der Waals surface area contributed by atoms with E-state index >= 15 is 0 Å². The number of rotatable bonds is 6. The maximum Gasteiger partial charge on any atom is 0.323 e. The van der Waals surface area contributed by atoms with E-state index in [4.69, 9.17) is 10.5 Å². The molecule has 3 amide bonds. The van der Waals surface area contributed by atoms with Gasteiger partial charge in [0.1, 0.15) is 28.9 Å². The SMILES string of the molecule is CCC(=O)OC1C2C(C(=O)C(C(N)=O)=C(O)[C@H]2N(C)C)C(=O)C2=C(O)c3c(ccc(NC(=O)Nc4cccc5ccccc45)c3O)[C@H](C)C21. The number of hydrogen-bond donors (Lipinski definition) is 6. The first kappa shape index (κ1) is 33.2. The normalized spacial score (nSPS) is 24.7. The summed E-state index contributed by atoms with van der Waals surface area (Å²) in [7, 11) is 3.14. The monoisotopic (exact) mass is 668 g/mol. The number of aliphatic hydroxyl groups is 2. The molecule has 1 fully saturated rings. The van der Waals surface area contributed by atoms with Crippen molar-refractivity contribution in [3.8, 4) is 5.75 Å². The molecule has 0 aliphatic heterocycles. The lowest BCUT2D eigenvalue weighted by molar-refractivity contribution is -0.166. The minimum atomic E-state index is -1.66. The number of carbonyl (C=O) groups excluding carboxylic acids is 5.